The van der Waals surface area contributed by atoms with Gasteiger partial charge in [-0.3, -0.25) is 20.2 Å². The van der Waals surface area contributed by atoms with Crippen molar-refractivity contribution in [3.8, 4) is 5.75 Å². The van der Waals surface area contributed by atoms with E-state index in [1.807, 2.05) is 0 Å². The molecule has 0 bridgehead atoms. The van der Waals surface area contributed by atoms with Crippen LogP contribution >= 0.6 is 23.8 Å². The van der Waals surface area contributed by atoms with Gasteiger partial charge in [0.05, 0.1) is 23.0 Å². The van der Waals surface area contributed by atoms with E-state index in [2.05, 4.69) is 10.6 Å². The number of nitro groups is 1. The lowest BCUT2D eigenvalue weighted by Crippen LogP contribution is -2.34. The Morgan fingerprint density at radius 3 is 2.48 bits per heavy atom. The summed E-state index contributed by atoms with van der Waals surface area (Å²) < 4.78 is 4.87. The number of nitrogens with one attached hydrogen (secondary N) is 2. The second kappa shape index (κ2) is 8.43. The molecule has 0 aromatic heterocycles. The third-order valence-electron chi connectivity index (χ3n) is 3.31. The number of carboxylic acids is 1. The van der Waals surface area contributed by atoms with Gasteiger partial charge in [0.15, 0.2) is 10.9 Å². The highest BCUT2D eigenvalue weighted by atomic mass is 35.5. The predicted molar refractivity (Wildman–Crippen MR) is 99.1 cm³/mol. The van der Waals surface area contributed by atoms with E-state index in [0.29, 0.717) is 5.69 Å². The van der Waals surface area contributed by atoms with Crippen LogP contribution in [0.25, 0.3) is 0 Å². The molecule has 2 aromatic carbocycles. The number of nitrogens with zero attached hydrogens (tertiary/aromatic N) is 1. The first-order valence-electron chi connectivity index (χ1n) is 7.18. The molecule has 0 aliphatic rings. The van der Waals surface area contributed by atoms with Crippen molar-refractivity contribution in [3.63, 3.8) is 0 Å². The van der Waals surface area contributed by atoms with E-state index in [1.165, 1.54) is 37.4 Å². The van der Waals surface area contributed by atoms with Gasteiger partial charge >= 0.3 is 5.69 Å². The van der Waals surface area contributed by atoms with Crippen molar-refractivity contribution in [1.82, 2.24) is 5.32 Å². The largest absolute Gasteiger partial charge is 0.545 e. The molecule has 0 radical (unpaired) electrons. The monoisotopic (exact) mass is 408 g/mol. The van der Waals surface area contributed by atoms with Crippen LogP contribution in [0.2, 0.25) is 5.02 Å². The van der Waals surface area contributed by atoms with E-state index >= 15 is 0 Å². The van der Waals surface area contributed by atoms with Crippen molar-refractivity contribution in [3.05, 3.63) is 62.7 Å². The Kier molecular flexibility index (Phi) is 6.27. The number of hydrogen-bond donors (Lipinski definition) is 2. The number of anilines is 1. The molecule has 0 aliphatic carbocycles. The highest BCUT2D eigenvalue weighted by molar-refractivity contribution is 7.80. The van der Waals surface area contributed by atoms with Gasteiger partial charge in [-0.15, -0.1) is 0 Å². The third-order valence-corrected chi connectivity index (χ3v) is 3.83. The highest BCUT2D eigenvalue weighted by Gasteiger charge is 2.18. The third kappa shape index (κ3) is 4.90. The number of thiocarbonyl (C=S) groups is 1. The van der Waals surface area contributed by atoms with E-state index < -0.39 is 16.8 Å². The summed E-state index contributed by atoms with van der Waals surface area (Å²) in [5, 5.41) is 26.7. The van der Waals surface area contributed by atoms with Crippen LogP contribution in [0, 0.1) is 10.1 Å². The minimum atomic E-state index is -1.43. The quantitative estimate of drug-likeness (QED) is 0.434. The van der Waals surface area contributed by atoms with Gasteiger partial charge in [-0.25, -0.2) is 0 Å². The normalized spacial score (nSPS) is 10.0. The number of hydrogen-bond acceptors (Lipinski definition) is 7. The van der Waals surface area contributed by atoms with Crippen molar-refractivity contribution >= 4 is 52.2 Å². The zero-order valence-electron chi connectivity index (χ0n) is 13.6. The van der Waals surface area contributed by atoms with Crippen molar-refractivity contribution in [2.75, 3.05) is 12.4 Å². The van der Waals surface area contributed by atoms with Gasteiger partial charge in [0.25, 0.3) is 5.91 Å². The van der Waals surface area contributed by atoms with Crippen LogP contribution in [-0.4, -0.2) is 29.0 Å². The molecule has 140 valence electrons. The van der Waals surface area contributed by atoms with Crippen LogP contribution in [0.3, 0.4) is 0 Å². The molecule has 1 amide bonds. The Balaban J connectivity index is 2.11. The minimum Gasteiger partial charge on any atom is -0.545 e. The molecular formula is C16H11ClN3O6S-. The molecule has 0 saturated carbocycles. The van der Waals surface area contributed by atoms with E-state index in [1.54, 1.807) is 0 Å². The fourth-order valence-corrected chi connectivity index (χ4v) is 2.54. The Morgan fingerprint density at radius 1 is 1.22 bits per heavy atom. The number of methoxy groups -OCH3 is 1. The Bertz CT molecular complexity index is 950. The number of rotatable bonds is 5. The zero-order chi connectivity index (χ0) is 20.1. The number of carboxylic acid groups (broad SMARTS) is 1. The maximum Gasteiger partial charge on any atom is 0.311 e. The number of nitro benzene ring substituents is 1. The van der Waals surface area contributed by atoms with Crippen LogP contribution in [-0.2, 0) is 0 Å². The molecule has 0 heterocycles. The number of carbonyl (C=O) groups is 2. The highest BCUT2D eigenvalue weighted by Crippen LogP contribution is 2.27. The van der Waals surface area contributed by atoms with E-state index in [9.17, 15) is 24.8 Å². The number of amides is 1. The molecule has 2 N–H and O–H groups in total. The molecule has 0 aliphatic heterocycles. The predicted octanol–water partition coefficient (Wildman–Crippen LogP) is 1.75. The average Bonchev–Trinajstić information content (AvgIpc) is 2.60. The fraction of sp³-hybridized carbons (Fsp3) is 0.0625. The molecule has 0 atom stereocenters. The summed E-state index contributed by atoms with van der Waals surface area (Å²) in [6, 6.07) is 7.59. The van der Waals surface area contributed by atoms with Crippen molar-refractivity contribution in [1.29, 1.82) is 0 Å². The summed E-state index contributed by atoms with van der Waals surface area (Å²) in [6.07, 6.45) is 0. The SMILES string of the molecule is COc1ccc(C(=O)NC(=S)Nc2ccc(C(=O)[O-])c(Cl)c2)cc1[N+](=O)[O-]. The molecule has 2 aromatic rings. The summed E-state index contributed by atoms with van der Waals surface area (Å²) in [5.74, 6) is -2.10. The van der Waals surface area contributed by atoms with E-state index in [-0.39, 0.29) is 32.7 Å². The van der Waals surface area contributed by atoms with Crippen LogP contribution in [0.4, 0.5) is 11.4 Å². The number of carbonyl (C=O) groups excluding carboxylic acids is 2. The molecule has 11 heteroatoms. The summed E-state index contributed by atoms with van der Waals surface area (Å²) in [7, 11) is 1.28. The molecule has 0 spiro atoms. The lowest BCUT2D eigenvalue weighted by molar-refractivity contribution is -0.385. The molecule has 0 unspecified atom stereocenters. The second-order valence-corrected chi connectivity index (χ2v) is 5.85. The van der Waals surface area contributed by atoms with Gasteiger partial charge in [0.1, 0.15) is 0 Å². The first-order valence-corrected chi connectivity index (χ1v) is 7.97. The van der Waals surface area contributed by atoms with Crippen LogP contribution < -0.4 is 20.5 Å². The maximum absolute atomic E-state index is 12.2. The first-order chi connectivity index (χ1) is 12.7. The van der Waals surface area contributed by atoms with E-state index in [0.717, 1.165) is 6.07 Å². The van der Waals surface area contributed by atoms with Crippen molar-refractivity contribution in [2.24, 2.45) is 0 Å². The van der Waals surface area contributed by atoms with Crippen LogP contribution in [0.5, 0.6) is 5.75 Å². The van der Waals surface area contributed by atoms with Gasteiger partial charge in [0.2, 0.25) is 0 Å². The van der Waals surface area contributed by atoms with Gasteiger partial charge in [-0.1, -0.05) is 11.6 Å². The lowest BCUT2D eigenvalue weighted by atomic mass is 10.1. The zero-order valence-corrected chi connectivity index (χ0v) is 15.2. The van der Waals surface area contributed by atoms with Crippen LogP contribution in [0.1, 0.15) is 20.7 Å². The number of benzene rings is 2. The Hall–Kier alpha value is -3.24. The number of ether oxygens (including phenoxy) is 1. The standard InChI is InChI=1S/C16H12ClN3O6S/c1-26-13-5-2-8(6-12(13)20(24)25)14(21)19-16(27)18-9-3-4-10(15(22)23)11(17)7-9/h2-7H,1H3,(H,22,23)(H2,18,19,21,27)/p-1. The smallest absolute Gasteiger partial charge is 0.311 e. The summed E-state index contributed by atoms with van der Waals surface area (Å²) in [4.78, 5) is 33.4. The molecule has 0 fully saturated rings. The Morgan fingerprint density at radius 2 is 1.93 bits per heavy atom. The van der Waals surface area contributed by atoms with Crippen molar-refractivity contribution < 1.29 is 24.4 Å². The van der Waals surface area contributed by atoms with Gasteiger partial charge < -0.3 is 20.0 Å². The van der Waals surface area contributed by atoms with Crippen LogP contribution in [0.15, 0.2) is 36.4 Å². The van der Waals surface area contributed by atoms with Crippen molar-refractivity contribution in [2.45, 2.75) is 0 Å². The minimum absolute atomic E-state index is 0.00279. The lowest BCUT2D eigenvalue weighted by Gasteiger charge is -2.12. The summed E-state index contributed by atoms with van der Waals surface area (Å²) >= 11 is 10.8. The first kappa shape index (κ1) is 20.1. The molecule has 0 saturated heterocycles. The maximum atomic E-state index is 12.2. The Labute approximate surface area is 163 Å². The van der Waals surface area contributed by atoms with Gasteiger partial charge in [-0.05, 0) is 42.5 Å². The van der Waals surface area contributed by atoms with Gasteiger partial charge in [0, 0.05) is 22.9 Å². The summed E-state index contributed by atoms with van der Waals surface area (Å²) in [5.41, 5.74) is -0.232. The number of halogens is 1. The topological polar surface area (TPSA) is 134 Å². The molecule has 27 heavy (non-hydrogen) atoms. The van der Waals surface area contributed by atoms with E-state index in [4.69, 9.17) is 28.6 Å². The molecule has 9 nitrogen and oxygen atoms in total. The molecule has 2 rings (SSSR count). The summed E-state index contributed by atoms with van der Waals surface area (Å²) in [6.45, 7) is 0. The second-order valence-electron chi connectivity index (χ2n) is 5.03. The fourth-order valence-electron chi connectivity index (χ4n) is 2.07. The number of aromatic carboxylic acids is 1. The molecular weight excluding hydrogens is 398 g/mol. The van der Waals surface area contributed by atoms with Gasteiger partial charge in [-0.2, -0.15) is 0 Å². The average molecular weight is 409 g/mol.